The van der Waals surface area contributed by atoms with E-state index in [1.54, 1.807) is 17.8 Å². The van der Waals surface area contributed by atoms with Gasteiger partial charge in [-0.25, -0.2) is 0 Å². The summed E-state index contributed by atoms with van der Waals surface area (Å²) in [4.78, 5) is 1.20. The molecule has 0 N–H and O–H groups in total. The Morgan fingerprint density at radius 2 is 2.08 bits per heavy atom. The predicted octanol–water partition coefficient (Wildman–Crippen LogP) is 4.07. The first kappa shape index (κ1) is 9.03. The minimum Gasteiger partial charge on any atom is -0.195 e. The second-order valence-corrected chi connectivity index (χ2v) is 4.80. The van der Waals surface area contributed by atoms with Gasteiger partial charge in [0.1, 0.15) is 0 Å². The number of benzene rings is 1. The van der Waals surface area contributed by atoms with Crippen LogP contribution in [-0.2, 0) is 0 Å². The SMILES string of the molecule is CSc1cc(C)c2sc(F)cc2c1. The molecule has 1 heterocycles. The van der Waals surface area contributed by atoms with Crippen molar-refractivity contribution in [2.75, 3.05) is 6.26 Å². The van der Waals surface area contributed by atoms with Crippen LogP contribution in [0, 0.1) is 12.1 Å². The Morgan fingerprint density at radius 3 is 2.77 bits per heavy atom. The lowest BCUT2D eigenvalue weighted by Gasteiger charge is -1.99. The molecule has 2 aromatic rings. The Kier molecular flexibility index (Phi) is 2.30. The van der Waals surface area contributed by atoms with Gasteiger partial charge < -0.3 is 0 Å². The molecule has 0 amide bonds. The molecule has 0 nitrogen and oxygen atoms in total. The molecular formula is C10H9FS2. The van der Waals surface area contributed by atoms with Crippen LogP contribution < -0.4 is 0 Å². The first-order chi connectivity index (χ1) is 6.20. The highest BCUT2D eigenvalue weighted by molar-refractivity contribution is 7.98. The van der Waals surface area contributed by atoms with Gasteiger partial charge in [0.05, 0.1) is 0 Å². The fourth-order valence-corrected chi connectivity index (χ4v) is 2.76. The summed E-state index contributed by atoms with van der Waals surface area (Å²) in [6.45, 7) is 2.03. The number of rotatable bonds is 1. The fraction of sp³-hybridized carbons (Fsp3) is 0.200. The zero-order chi connectivity index (χ0) is 9.42. The maximum atomic E-state index is 12.9. The van der Waals surface area contributed by atoms with Gasteiger partial charge in [0, 0.05) is 9.60 Å². The van der Waals surface area contributed by atoms with E-state index in [-0.39, 0.29) is 5.13 Å². The number of thioether (sulfide) groups is 1. The maximum Gasteiger partial charge on any atom is 0.177 e. The van der Waals surface area contributed by atoms with E-state index in [0.717, 1.165) is 15.6 Å². The maximum absolute atomic E-state index is 12.9. The van der Waals surface area contributed by atoms with Crippen LogP contribution in [0.4, 0.5) is 4.39 Å². The smallest absolute Gasteiger partial charge is 0.177 e. The Morgan fingerprint density at radius 1 is 1.31 bits per heavy atom. The van der Waals surface area contributed by atoms with Crippen LogP contribution in [0.2, 0.25) is 0 Å². The minimum absolute atomic E-state index is 0.101. The van der Waals surface area contributed by atoms with E-state index in [0.29, 0.717) is 0 Å². The second-order valence-electron chi connectivity index (χ2n) is 2.91. The molecule has 13 heavy (non-hydrogen) atoms. The van der Waals surface area contributed by atoms with E-state index >= 15 is 0 Å². The zero-order valence-electron chi connectivity index (χ0n) is 7.43. The van der Waals surface area contributed by atoms with Gasteiger partial charge in [-0.1, -0.05) is 0 Å². The van der Waals surface area contributed by atoms with Gasteiger partial charge >= 0.3 is 0 Å². The average Bonchev–Trinajstić information content (AvgIpc) is 2.46. The molecular weight excluding hydrogens is 203 g/mol. The van der Waals surface area contributed by atoms with Crippen molar-refractivity contribution < 1.29 is 4.39 Å². The molecule has 0 radical (unpaired) electrons. The molecule has 0 spiro atoms. The number of hydrogen-bond acceptors (Lipinski definition) is 2. The molecule has 1 aromatic heterocycles. The summed E-state index contributed by atoms with van der Waals surface area (Å²) >= 11 is 2.91. The van der Waals surface area contributed by atoms with Gasteiger partial charge in [0.15, 0.2) is 5.13 Å². The Bertz CT molecular complexity index is 445. The van der Waals surface area contributed by atoms with Crippen molar-refractivity contribution in [3.8, 4) is 0 Å². The lowest BCUT2D eigenvalue weighted by atomic mass is 10.2. The summed E-state index contributed by atoms with van der Waals surface area (Å²) in [5.74, 6) is 0. The predicted molar refractivity (Wildman–Crippen MR) is 58.3 cm³/mol. The molecule has 2 rings (SSSR count). The zero-order valence-corrected chi connectivity index (χ0v) is 9.06. The van der Waals surface area contributed by atoms with Gasteiger partial charge in [-0.05, 0) is 42.3 Å². The van der Waals surface area contributed by atoms with Crippen LogP contribution in [-0.4, -0.2) is 6.26 Å². The van der Waals surface area contributed by atoms with Crippen molar-refractivity contribution in [3.05, 3.63) is 28.9 Å². The second kappa shape index (κ2) is 3.31. The standard InChI is InChI=1S/C10H9FS2/c1-6-3-8(12-2)4-7-5-9(11)13-10(6)7/h3-5H,1-2H3. The normalized spacial score (nSPS) is 11.0. The number of fused-ring (bicyclic) bond motifs is 1. The lowest BCUT2D eigenvalue weighted by Crippen LogP contribution is -1.74. The van der Waals surface area contributed by atoms with Gasteiger partial charge in [0.25, 0.3) is 0 Å². The molecule has 3 heteroatoms. The van der Waals surface area contributed by atoms with Crippen LogP contribution in [0.3, 0.4) is 0 Å². The summed E-state index contributed by atoms with van der Waals surface area (Å²) < 4.78 is 14.0. The van der Waals surface area contributed by atoms with E-state index in [4.69, 9.17) is 0 Å². The third-order valence-electron chi connectivity index (χ3n) is 1.98. The minimum atomic E-state index is -0.101. The van der Waals surface area contributed by atoms with Gasteiger partial charge in [-0.15, -0.1) is 23.1 Å². The van der Waals surface area contributed by atoms with E-state index < -0.39 is 0 Å². The highest BCUT2D eigenvalue weighted by Gasteiger charge is 2.05. The Hall–Kier alpha value is -0.540. The van der Waals surface area contributed by atoms with Crippen molar-refractivity contribution in [3.63, 3.8) is 0 Å². The Labute approximate surface area is 84.8 Å². The number of halogens is 1. The lowest BCUT2D eigenvalue weighted by molar-refractivity contribution is 0.658. The first-order valence-corrected chi connectivity index (χ1v) is 5.98. The highest BCUT2D eigenvalue weighted by atomic mass is 32.2. The van der Waals surface area contributed by atoms with E-state index in [2.05, 4.69) is 6.07 Å². The highest BCUT2D eigenvalue weighted by Crippen LogP contribution is 2.31. The molecule has 0 unspecified atom stereocenters. The molecule has 0 aliphatic rings. The van der Waals surface area contributed by atoms with Gasteiger partial charge in [0.2, 0.25) is 0 Å². The molecule has 0 fully saturated rings. The Balaban J connectivity index is 2.75. The summed E-state index contributed by atoms with van der Waals surface area (Å²) in [5.41, 5.74) is 1.16. The summed E-state index contributed by atoms with van der Waals surface area (Å²) in [6, 6.07) is 5.74. The summed E-state index contributed by atoms with van der Waals surface area (Å²) in [7, 11) is 0. The molecule has 0 bridgehead atoms. The molecule has 0 aliphatic heterocycles. The van der Waals surface area contributed by atoms with Gasteiger partial charge in [-0.2, -0.15) is 4.39 Å². The molecule has 0 atom stereocenters. The molecule has 0 aliphatic carbocycles. The van der Waals surface area contributed by atoms with Crippen LogP contribution in [0.1, 0.15) is 5.56 Å². The number of hydrogen-bond donors (Lipinski definition) is 0. The van der Waals surface area contributed by atoms with Crippen molar-refractivity contribution in [2.24, 2.45) is 0 Å². The van der Waals surface area contributed by atoms with Crippen LogP contribution in [0.15, 0.2) is 23.1 Å². The van der Waals surface area contributed by atoms with E-state index in [9.17, 15) is 4.39 Å². The third-order valence-corrected chi connectivity index (χ3v) is 3.76. The number of thiophene rings is 1. The quantitative estimate of drug-likeness (QED) is 0.642. The topological polar surface area (TPSA) is 0 Å². The van der Waals surface area contributed by atoms with Crippen LogP contribution in [0.5, 0.6) is 0 Å². The van der Waals surface area contributed by atoms with Crippen LogP contribution in [0.25, 0.3) is 10.1 Å². The van der Waals surface area contributed by atoms with Crippen molar-refractivity contribution in [1.82, 2.24) is 0 Å². The first-order valence-electron chi connectivity index (χ1n) is 3.94. The molecule has 0 saturated heterocycles. The molecule has 68 valence electrons. The van der Waals surface area contributed by atoms with E-state index in [1.165, 1.54) is 16.2 Å². The monoisotopic (exact) mass is 212 g/mol. The average molecular weight is 212 g/mol. The van der Waals surface area contributed by atoms with E-state index in [1.807, 2.05) is 19.2 Å². The van der Waals surface area contributed by atoms with Crippen molar-refractivity contribution in [2.45, 2.75) is 11.8 Å². The summed E-state index contributed by atoms with van der Waals surface area (Å²) in [5, 5.41) is 0.920. The molecule has 1 aromatic carbocycles. The number of aryl methyl sites for hydroxylation is 1. The third kappa shape index (κ3) is 1.58. The summed E-state index contributed by atoms with van der Waals surface area (Å²) in [6.07, 6.45) is 2.03. The van der Waals surface area contributed by atoms with Crippen molar-refractivity contribution >= 4 is 33.2 Å². The molecule has 0 saturated carbocycles. The van der Waals surface area contributed by atoms with Gasteiger partial charge in [-0.3, -0.25) is 0 Å². The van der Waals surface area contributed by atoms with Crippen molar-refractivity contribution in [1.29, 1.82) is 0 Å². The largest absolute Gasteiger partial charge is 0.195 e. The fourth-order valence-electron chi connectivity index (χ4n) is 1.38. The van der Waals surface area contributed by atoms with Crippen LogP contribution >= 0.6 is 23.1 Å².